The molecule has 0 spiro atoms. The Labute approximate surface area is 162 Å². The highest BCUT2D eigenvalue weighted by Gasteiger charge is 2.05. The van der Waals surface area contributed by atoms with Gasteiger partial charge >= 0.3 is 0 Å². The minimum absolute atomic E-state index is 0.102. The monoisotopic (exact) mass is 372 g/mol. The number of aromatic nitrogens is 4. The number of hydrogen-bond donors (Lipinski definition) is 2. The van der Waals surface area contributed by atoms with E-state index in [0.717, 1.165) is 11.5 Å². The third kappa shape index (κ3) is 4.09. The van der Waals surface area contributed by atoms with E-state index in [-0.39, 0.29) is 5.91 Å². The molecule has 0 aliphatic carbocycles. The number of anilines is 1. The first-order valence-electron chi connectivity index (χ1n) is 9.02. The molecule has 4 aromatic rings. The third-order valence-corrected chi connectivity index (χ3v) is 4.27. The molecule has 3 heterocycles. The lowest BCUT2D eigenvalue weighted by atomic mass is 10.2. The Morgan fingerprint density at radius 3 is 2.11 bits per heavy atom. The number of carbonyl (C=O) groups excluding carboxylic acids is 1. The van der Waals surface area contributed by atoms with Crippen LogP contribution in [0, 0.1) is 0 Å². The van der Waals surface area contributed by atoms with Gasteiger partial charge < -0.3 is 19.8 Å². The number of nitrogens with zero attached hydrogens (tertiary/aromatic N) is 4. The first-order valence-corrected chi connectivity index (χ1v) is 9.02. The quantitative estimate of drug-likeness (QED) is 0.489. The van der Waals surface area contributed by atoms with Gasteiger partial charge in [0.05, 0.1) is 0 Å². The van der Waals surface area contributed by atoms with Gasteiger partial charge in [0.15, 0.2) is 5.82 Å². The van der Waals surface area contributed by atoms with Crippen LogP contribution in [0.4, 0.5) is 5.82 Å². The Balaban J connectivity index is 1.24. The predicted molar refractivity (Wildman–Crippen MR) is 108 cm³/mol. The maximum Gasteiger partial charge on any atom is 0.251 e. The number of nitrogens with one attached hydrogen (secondary N) is 2. The number of hydrogen-bond acceptors (Lipinski definition) is 4. The topological polar surface area (TPSA) is 76.8 Å². The van der Waals surface area contributed by atoms with Gasteiger partial charge in [0.2, 0.25) is 0 Å². The average Bonchev–Trinajstić information content (AvgIpc) is 3.46. The second-order valence-electron chi connectivity index (χ2n) is 6.19. The molecule has 1 amide bonds. The van der Waals surface area contributed by atoms with Crippen LogP contribution < -0.4 is 10.6 Å². The van der Waals surface area contributed by atoms with Gasteiger partial charge in [-0.3, -0.25) is 4.79 Å². The summed E-state index contributed by atoms with van der Waals surface area (Å²) in [5.74, 6) is 1.32. The van der Waals surface area contributed by atoms with E-state index in [1.807, 2.05) is 94.6 Å². The molecule has 7 heteroatoms. The maximum absolute atomic E-state index is 12.3. The number of benzene rings is 1. The van der Waals surface area contributed by atoms with Gasteiger partial charge in [-0.05, 0) is 60.7 Å². The highest BCUT2D eigenvalue weighted by atomic mass is 16.1. The molecule has 3 aromatic heterocycles. The zero-order chi connectivity index (χ0) is 19.2. The molecule has 0 radical (unpaired) electrons. The number of carbonyl (C=O) groups is 1. The van der Waals surface area contributed by atoms with Crippen LogP contribution in [0.3, 0.4) is 0 Å². The molecule has 0 aliphatic rings. The largest absolute Gasteiger partial charge is 0.367 e. The Hall–Kier alpha value is -3.87. The van der Waals surface area contributed by atoms with Crippen LogP contribution in [0.25, 0.3) is 11.5 Å². The molecule has 0 atom stereocenters. The van der Waals surface area contributed by atoms with Crippen molar-refractivity contribution in [2.45, 2.75) is 0 Å². The molecule has 0 bridgehead atoms. The first kappa shape index (κ1) is 17.5. The van der Waals surface area contributed by atoms with Crippen molar-refractivity contribution in [3.05, 3.63) is 91.0 Å². The van der Waals surface area contributed by atoms with Crippen molar-refractivity contribution in [2.75, 3.05) is 18.4 Å². The Kier molecular flexibility index (Phi) is 5.15. The summed E-state index contributed by atoms with van der Waals surface area (Å²) in [7, 11) is 0. The van der Waals surface area contributed by atoms with E-state index in [0.29, 0.717) is 24.5 Å². The summed E-state index contributed by atoms with van der Waals surface area (Å²) in [4.78, 5) is 12.3. The van der Waals surface area contributed by atoms with Gasteiger partial charge in [-0.15, -0.1) is 10.2 Å². The smallest absolute Gasteiger partial charge is 0.251 e. The van der Waals surface area contributed by atoms with Crippen molar-refractivity contribution in [3.8, 4) is 11.5 Å². The van der Waals surface area contributed by atoms with E-state index < -0.39 is 0 Å². The fourth-order valence-corrected chi connectivity index (χ4v) is 2.80. The normalized spacial score (nSPS) is 10.6. The van der Waals surface area contributed by atoms with E-state index in [1.54, 1.807) is 0 Å². The van der Waals surface area contributed by atoms with Crippen LogP contribution in [-0.2, 0) is 0 Å². The summed E-state index contributed by atoms with van der Waals surface area (Å²) in [6.45, 7) is 1.05. The zero-order valence-electron chi connectivity index (χ0n) is 15.2. The Morgan fingerprint density at radius 2 is 1.46 bits per heavy atom. The average molecular weight is 372 g/mol. The van der Waals surface area contributed by atoms with E-state index in [9.17, 15) is 4.79 Å². The number of rotatable bonds is 7. The van der Waals surface area contributed by atoms with Gasteiger partial charge in [0.1, 0.15) is 5.82 Å². The molecule has 0 fully saturated rings. The molecule has 0 saturated carbocycles. The van der Waals surface area contributed by atoms with Crippen molar-refractivity contribution >= 4 is 11.7 Å². The molecule has 7 nitrogen and oxygen atoms in total. The van der Waals surface area contributed by atoms with Crippen LogP contribution in [0.15, 0.2) is 85.5 Å². The molecule has 28 heavy (non-hydrogen) atoms. The van der Waals surface area contributed by atoms with Crippen LogP contribution in [0.5, 0.6) is 0 Å². The minimum Gasteiger partial charge on any atom is -0.367 e. The molecule has 0 saturated heterocycles. The van der Waals surface area contributed by atoms with Crippen LogP contribution in [0.2, 0.25) is 0 Å². The zero-order valence-corrected chi connectivity index (χ0v) is 15.2. The van der Waals surface area contributed by atoms with Gasteiger partial charge in [-0.25, -0.2) is 0 Å². The second-order valence-corrected chi connectivity index (χ2v) is 6.19. The van der Waals surface area contributed by atoms with Crippen LogP contribution >= 0.6 is 0 Å². The van der Waals surface area contributed by atoms with E-state index in [1.165, 1.54) is 0 Å². The summed E-state index contributed by atoms with van der Waals surface area (Å²) < 4.78 is 3.88. The fraction of sp³-hybridized carbons (Fsp3) is 0.0952. The van der Waals surface area contributed by atoms with Gasteiger partial charge in [-0.2, -0.15) is 0 Å². The molecule has 4 rings (SSSR count). The SMILES string of the molecule is O=C(NCCNc1ccc(-n2cccc2)nn1)c1ccc(-n2cccc2)cc1. The molecule has 2 N–H and O–H groups in total. The lowest BCUT2D eigenvalue weighted by molar-refractivity contribution is 0.0955. The lowest BCUT2D eigenvalue weighted by Gasteiger charge is -2.09. The highest BCUT2D eigenvalue weighted by molar-refractivity contribution is 5.94. The molecular weight excluding hydrogens is 352 g/mol. The van der Waals surface area contributed by atoms with Crippen molar-refractivity contribution in [1.29, 1.82) is 0 Å². The van der Waals surface area contributed by atoms with Gasteiger partial charge in [-0.1, -0.05) is 0 Å². The van der Waals surface area contributed by atoms with Gasteiger partial charge in [0.25, 0.3) is 5.91 Å². The van der Waals surface area contributed by atoms with Crippen molar-refractivity contribution < 1.29 is 4.79 Å². The summed E-state index contributed by atoms with van der Waals surface area (Å²) in [6, 6.07) is 19.1. The van der Waals surface area contributed by atoms with Crippen molar-refractivity contribution in [2.24, 2.45) is 0 Å². The second kappa shape index (κ2) is 8.22. The van der Waals surface area contributed by atoms with E-state index in [2.05, 4.69) is 20.8 Å². The van der Waals surface area contributed by atoms with Crippen LogP contribution in [-0.4, -0.2) is 38.3 Å². The molecule has 0 aliphatic heterocycles. The fourth-order valence-electron chi connectivity index (χ4n) is 2.80. The lowest BCUT2D eigenvalue weighted by Crippen LogP contribution is -2.28. The standard InChI is InChI=1S/C21H20N6O/c28-21(17-5-7-18(8-6-17)26-13-1-2-14-26)23-12-11-22-19-9-10-20(25-24-19)27-15-3-4-16-27/h1-10,13-16H,11-12H2,(H,22,24)(H,23,28). The Bertz CT molecular complexity index is 1010. The molecule has 0 unspecified atom stereocenters. The molecular formula is C21H20N6O. The highest BCUT2D eigenvalue weighted by Crippen LogP contribution is 2.10. The van der Waals surface area contributed by atoms with E-state index in [4.69, 9.17) is 0 Å². The van der Waals surface area contributed by atoms with Crippen LogP contribution in [0.1, 0.15) is 10.4 Å². The van der Waals surface area contributed by atoms with Gasteiger partial charge in [0, 0.05) is 49.1 Å². The van der Waals surface area contributed by atoms with Crippen molar-refractivity contribution in [1.82, 2.24) is 24.6 Å². The molecule has 140 valence electrons. The minimum atomic E-state index is -0.102. The third-order valence-electron chi connectivity index (χ3n) is 4.27. The summed E-state index contributed by atoms with van der Waals surface area (Å²) in [6.07, 6.45) is 7.76. The summed E-state index contributed by atoms with van der Waals surface area (Å²) >= 11 is 0. The molecule has 1 aromatic carbocycles. The maximum atomic E-state index is 12.3. The Morgan fingerprint density at radius 1 is 0.786 bits per heavy atom. The summed E-state index contributed by atoms with van der Waals surface area (Å²) in [5, 5.41) is 14.4. The van der Waals surface area contributed by atoms with E-state index >= 15 is 0 Å². The summed E-state index contributed by atoms with van der Waals surface area (Å²) in [5.41, 5.74) is 1.65. The van der Waals surface area contributed by atoms with Crippen molar-refractivity contribution in [3.63, 3.8) is 0 Å². The first-order chi connectivity index (χ1) is 13.8. The number of amides is 1. The predicted octanol–water partition coefficient (Wildman–Crippen LogP) is 2.90.